The number of carbonyl (C=O) groups is 2. The maximum atomic E-state index is 13.2. The zero-order valence-electron chi connectivity index (χ0n) is 21.6. The molecule has 0 unspecified atom stereocenters. The topological polar surface area (TPSA) is 77.1 Å². The molecule has 3 aromatic rings. The molecule has 0 aliphatic carbocycles. The first-order valence-corrected chi connectivity index (χ1v) is 12.9. The van der Waals surface area contributed by atoms with Crippen molar-refractivity contribution in [3.8, 4) is 11.5 Å². The van der Waals surface area contributed by atoms with Crippen LogP contribution >= 0.6 is 11.3 Å². The molecule has 0 spiro atoms. The van der Waals surface area contributed by atoms with Crippen molar-refractivity contribution >= 4 is 23.3 Å². The first kappa shape index (κ1) is 28.0. The second kappa shape index (κ2) is 13.1. The van der Waals surface area contributed by atoms with E-state index >= 15 is 0 Å². The summed E-state index contributed by atoms with van der Waals surface area (Å²) in [5.41, 5.74) is 1.13. The Hall–Kier alpha value is -3.59. The van der Waals surface area contributed by atoms with Gasteiger partial charge in [0.05, 0.1) is 12.0 Å². The van der Waals surface area contributed by atoms with Crippen LogP contribution in [0, 0.1) is 5.82 Å². The van der Waals surface area contributed by atoms with Crippen molar-refractivity contribution in [2.45, 2.75) is 45.9 Å². The average molecular weight is 529 g/mol. The zero-order valence-corrected chi connectivity index (χ0v) is 22.4. The number of halogens is 1. The van der Waals surface area contributed by atoms with Gasteiger partial charge in [-0.25, -0.2) is 9.18 Å². The summed E-state index contributed by atoms with van der Waals surface area (Å²) in [6, 6.07) is 15.3. The third-order valence-corrected chi connectivity index (χ3v) is 6.06. The molecular weight excluding hydrogens is 495 g/mol. The molecule has 37 heavy (non-hydrogen) atoms. The van der Waals surface area contributed by atoms with Gasteiger partial charge in [-0.2, -0.15) is 0 Å². The van der Waals surface area contributed by atoms with Crippen molar-refractivity contribution in [3.05, 3.63) is 81.8 Å². The lowest BCUT2D eigenvalue weighted by atomic mass is 10.1. The van der Waals surface area contributed by atoms with Crippen LogP contribution in [0.1, 0.15) is 48.0 Å². The SMILES string of the molecule is COc1cc(CN(CCCNC(=O)OC(C)(C)C)C(=O)c2cccs2)ccc1OCc1ccc(F)cc1. The molecule has 2 amide bonds. The Morgan fingerprint density at radius 2 is 1.76 bits per heavy atom. The van der Waals surface area contributed by atoms with Gasteiger partial charge in [-0.3, -0.25) is 4.79 Å². The number of carbonyl (C=O) groups excluding carboxylic acids is 2. The van der Waals surface area contributed by atoms with Gasteiger partial charge in [-0.15, -0.1) is 11.3 Å². The second-order valence-electron chi connectivity index (χ2n) is 9.39. The predicted molar refractivity (Wildman–Crippen MR) is 142 cm³/mol. The number of alkyl carbamates (subject to hydrolysis) is 1. The second-order valence-corrected chi connectivity index (χ2v) is 10.3. The van der Waals surface area contributed by atoms with Gasteiger partial charge in [0.1, 0.15) is 18.0 Å². The third-order valence-electron chi connectivity index (χ3n) is 5.20. The Bertz CT molecular complexity index is 1160. The number of amides is 2. The van der Waals surface area contributed by atoms with E-state index in [4.69, 9.17) is 14.2 Å². The molecule has 0 atom stereocenters. The molecule has 1 aromatic heterocycles. The molecule has 9 heteroatoms. The van der Waals surface area contributed by atoms with E-state index in [1.54, 1.807) is 57.0 Å². The zero-order chi connectivity index (χ0) is 26.8. The molecule has 1 N–H and O–H groups in total. The monoisotopic (exact) mass is 528 g/mol. The predicted octanol–water partition coefficient (Wildman–Crippen LogP) is 6.03. The highest BCUT2D eigenvalue weighted by Crippen LogP contribution is 2.30. The van der Waals surface area contributed by atoms with Crippen molar-refractivity contribution < 1.29 is 28.2 Å². The van der Waals surface area contributed by atoms with Crippen LogP contribution in [0.2, 0.25) is 0 Å². The summed E-state index contributed by atoms with van der Waals surface area (Å²) in [6.07, 6.45) is 0.0800. The standard InChI is InChI=1S/C28H33FN2O5S/c1-28(2,3)36-27(33)30-14-6-15-31(26(32)25-7-5-16-37-25)18-21-10-13-23(24(17-21)34-4)35-19-20-8-11-22(29)12-9-20/h5,7-13,16-17H,6,14-15,18-19H2,1-4H3,(H,30,33). The Morgan fingerprint density at radius 1 is 1.03 bits per heavy atom. The van der Waals surface area contributed by atoms with Crippen LogP contribution in [0.4, 0.5) is 9.18 Å². The van der Waals surface area contributed by atoms with Gasteiger partial charge in [-0.05, 0) is 74.0 Å². The van der Waals surface area contributed by atoms with Crippen molar-refractivity contribution in [1.29, 1.82) is 0 Å². The number of hydrogen-bond acceptors (Lipinski definition) is 6. The number of thiophene rings is 1. The summed E-state index contributed by atoms with van der Waals surface area (Å²) < 4.78 is 29.8. The van der Waals surface area contributed by atoms with Crippen molar-refractivity contribution in [3.63, 3.8) is 0 Å². The molecule has 0 aliphatic heterocycles. The van der Waals surface area contributed by atoms with E-state index in [0.717, 1.165) is 11.1 Å². The van der Waals surface area contributed by atoms with E-state index < -0.39 is 11.7 Å². The first-order chi connectivity index (χ1) is 17.6. The average Bonchev–Trinajstić information content (AvgIpc) is 3.39. The Balaban J connectivity index is 1.64. The normalized spacial score (nSPS) is 11.1. The van der Waals surface area contributed by atoms with Crippen LogP contribution in [0.5, 0.6) is 11.5 Å². The van der Waals surface area contributed by atoms with Crippen LogP contribution < -0.4 is 14.8 Å². The molecule has 0 saturated carbocycles. The van der Waals surface area contributed by atoms with E-state index in [0.29, 0.717) is 42.4 Å². The molecule has 1 heterocycles. The van der Waals surface area contributed by atoms with Crippen molar-refractivity contribution in [1.82, 2.24) is 10.2 Å². The number of ether oxygens (including phenoxy) is 3. The van der Waals surface area contributed by atoms with Crippen LogP contribution in [-0.2, 0) is 17.9 Å². The van der Waals surface area contributed by atoms with E-state index in [9.17, 15) is 14.0 Å². The number of methoxy groups -OCH3 is 1. The molecule has 0 saturated heterocycles. The number of hydrogen-bond donors (Lipinski definition) is 1. The van der Waals surface area contributed by atoms with Gasteiger partial charge in [0, 0.05) is 19.6 Å². The molecule has 7 nitrogen and oxygen atoms in total. The Labute approximate surface area is 221 Å². The summed E-state index contributed by atoms with van der Waals surface area (Å²) in [7, 11) is 1.56. The number of rotatable bonds is 11. The lowest BCUT2D eigenvalue weighted by Gasteiger charge is -2.23. The smallest absolute Gasteiger partial charge is 0.407 e. The number of benzene rings is 2. The van der Waals surface area contributed by atoms with Gasteiger partial charge < -0.3 is 24.4 Å². The fraction of sp³-hybridized carbons (Fsp3) is 0.357. The minimum absolute atomic E-state index is 0.0807. The minimum Gasteiger partial charge on any atom is -0.493 e. The lowest BCUT2D eigenvalue weighted by Crippen LogP contribution is -2.36. The van der Waals surface area contributed by atoms with Gasteiger partial charge >= 0.3 is 6.09 Å². The summed E-state index contributed by atoms with van der Waals surface area (Å²) in [4.78, 5) is 27.5. The van der Waals surface area contributed by atoms with E-state index in [1.165, 1.54) is 23.5 Å². The largest absolute Gasteiger partial charge is 0.493 e. The van der Waals surface area contributed by atoms with Gasteiger partial charge in [0.15, 0.2) is 11.5 Å². The molecule has 3 rings (SSSR count). The highest BCUT2D eigenvalue weighted by molar-refractivity contribution is 7.12. The summed E-state index contributed by atoms with van der Waals surface area (Å²) >= 11 is 1.39. The van der Waals surface area contributed by atoms with Crippen molar-refractivity contribution in [2.24, 2.45) is 0 Å². The van der Waals surface area contributed by atoms with Crippen LogP contribution in [0.25, 0.3) is 0 Å². The molecule has 0 aliphatic rings. The summed E-state index contributed by atoms with van der Waals surface area (Å²) in [6.45, 7) is 6.87. The maximum absolute atomic E-state index is 13.2. The number of nitrogens with zero attached hydrogens (tertiary/aromatic N) is 1. The highest BCUT2D eigenvalue weighted by atomic mass is 32.1. The van der Waals surface area contributed by atoms with E-state index in [-0.39, 0.29) is 18.3 Å². The first-order valence-electron chi connectivity index (χ1n) is 12.0. The molecule has 198 valence electrons. The lowest BCUT2D eigenvalue weighted by molar-refractivity contribution is 0.0525. The number of nitrogens with one attached hydrogen (secondary N) is 1. The fourth-order valence-corrected chi connectivity index (χ4v) is 4.17. The van der Waals surface area contributed by atoms with E-state index in [2.05, 4.69) is 5.32 Å². The fourth-order valence-electron chi connectivity index (χ4n) is 3.47. The highest BCUT2D eigenvalue weighted by Gasteiger charge is 2.19. The van der Waals surface area contributed by atoms with Crippen LogP contribution in [-0.4, -0.2) is 42.7 Å². The molecule has 0 radical (unpaired) electrons. The molecule has 0 bridgehead atoms. The minimum atomic E-state index is -0.570. The third kappa shape index (κ3) is 9.09. The van der Waals surface area contributed by atoms with Crippen LogP contribution in [0.3, 0.4) is 0 Å². The molecular formula is C28H33FN2O5S. The maximum Gasteiger partial charge on any atom is 0.407 e. The van der Waals surface area contributed by atoms with Gasteiger partial charge in [-0.1, -0.05) is 24.3 Å². The summed E-state index contributed by atoms with van der Waals surface area (Å²) in [5.74, 6) is 0.707. The Morgan fingerprint density at radius 3 is 2.41 bits per heavy atom. The molecule has 2 aromatic carbocycles. The quantitative estimate of drug-likeness (QED) is 0.308. The van der Waals surface area contributed by atoms with Crippen molar-refractivity contribution in [2.75, 3.05) is 20.2 Å². The van der Waals surface area contributed by atoms with Gasteiger partial charge in [0.25, 0.3) is 5.91 Å². The van der Waals surface area contributed by atoms with E-state index in [1.807, 2.05) is 23.6 Å². The molecule has 0 fully saturated rings. The summed E-state index contributed by atoms with van der Waals surface area (Å²) in [5, 5.41) is 4.60. The Kier molecular flexibility index (Phi) is 9.91. The van der Waals surface area contributed by atoms with Crippen LogP contribution in [0.15, 0.2) is 60.0 Å². The van der Waals surface area contributed by atoms with Gasteiger partial charge in [0.2, 0.25) is 0 Å².